The first-order chi connectivity index (χ1) is 68.9. The molecule has 0 radical (unpaired) electrons. The SMILES string of the molecule is c1ccc(-c2nc(-c3ccc(-n4c5ccccc5c5cc6ccccc6cc54)cc3)nc(-c3ccc4ccccc4c3)n2)cc1.c1ccc(-c2nc(-c3ccccc3)nc(-c3ccc(-n4c5ccccc5c5cc6ccccc6cc54)c4ccccc34)n2)cc1.c1ccc2cc3c(cc2c1)c1ccccc1n3-c1ccc(-c2nc(-c3cccc4ccccc34)nc(-c3cccc4ccccc34)n2)cc1. The monoisotopic (exact) mass is 1770 g/mol. The molecule has 0 fully saturated rings. The standard InChI is InChI=1S/C45H28N4.2C41H26N4/c1-2-14-33-28-42-40(27-32(33)13-1)37-19-7-8-22-41(37)49(42)34-25-23-31(24-26-34)43-46-44(38-20-9-15-29-11-3-5-17-35(29)38)48-45(47-43)39-21-10-16-30-12-4-6-18-36(30)39;1-3-13-27(14-4-1)39-42-40(28-15-5-2-6-16-28)44-41(43-39)34-23-24-37(32-20-10-9-19-31(32)34)45-36-22-12-11-21-33(36)35-25-29-17-7-8-18-30(29)26-38(35)45;1-2-11-28(12-3-1)39-42-40(44-41(43-39)33-19-18-27-10-4-5-13-30(27)24-33)29-20-22-34(23-21-29)45-37-17-9-8-16-35(37)36-25-31-14-6-7-15-32(31)26-38(36)45/h1-28H;2*1-26H. The van der Waals surface area contributed by atoms with Gasteiger partial charge in [0, 0.05) is 99.1 Å². The van der Waals surface area contributed by atoms with E-state index in [0.29, 0.717) is 52.4 Å². The van der Waals surface area contributed by atoms with E-state index in [2.05, 4.69) is 408 Å². The molecule has 0 aliphatic rings. The Hall–Kier alpha value is -18.9. The third kappa shape index (κ3) is 14.7. The Kier molecular flexibility index (Phi) is 20.0. The van der Waals surface area contributed by atoms with Crippen LogP contribution in [0.15, 0.2) is 485 Å². The van der Waals surface area contributed by atoms with Crippen molar-refractivity contribution in [1.82, 2.24) is 58.6 Å². The van der Waals surface area contributed by atoms with Gasteiger partial charge in [0.2, 0.25) is 0 Å². The molecule has 0 spiro atoms. The fourth-order valence-corrected chi connectivity index (χ4v) is 20.2. The molecule has 0 amide bonds. The van der Waals surface area contributed by atoms with Crippen LogP contribution in [0.5, 0.6) is 0 Å². The van der Waals surface area contributed by atoms with Crippen molar-refractivity contribution in [2.24, 2.45) is 0 Å². The van der Waals surface area contributed by atoms with E-state index >= 15 is 0 Å². The lowest BCUT2D eigenvalue weighted by Gasteiger charge is -2.15. The Bertz CT molecular complexity index is 9550. The molecule has 139 heavy (non-hydrogen) atoms. The summed E-state index contributed by atoms with van der Waals surface area (Å²) in [4.78, 5) is 45.3. The number of fused-ring (bicyclic) bond motifs is 16. The van der Waals surface area contributed by atoms with Crippen LogP contribution in [0.2, 0.25) is 0 Å². The number of hydrogen-bond acceptors (Lipinski definition) is 9. The summed E-state index contributed by atoms with van der Waals surface area (Å²) in [5.74, 6) is 5.87. The molecule has 6 aromatic heterocycles. The molecule has 0 saturated carbocycles. The van der Waals surface area contributed by atoms with Crippen LogP contribution in [0.1, 0.15) is 0 Å². The lowest BCUT2D eigenvalue weighted by atomic mass is 10.0. The van der Waals surface area contributed by atoms with Gasteiger partial charge < -0.3 is 13.7 Å². The lowest BCUT2D eigenvalue weighted by Crippen LogP contribution is -2.01. The van der Waals surface area contributed by atoms with E-state index in [1.165, 1.54) is 103 Å². The number of rotatable bonds is 12. The Morgan fingerprint density at radius 1 is 0.122 bits per heavy atom. The number of para-hydroxylation sites is 3. The lowest BCUT2D eigenvalue weighted by molar-refractivity contribution is 1.07. The molecule has 22 aromatic carbocycles. The van der Waals surface area contributed by atoms with Gasteiger partial charge in [0.25, 0.3) is 0 Å². The Morgan fingerprint density at radius 3 is 0.777 bits per heavy atom. The van der Waals surface area contributed by atoms with Gasteiger partial charge in [-0.15, -0.1) is 0 Å². The maximum atomic E-state index is 5.13. The van der Waals surface area contributed by atoms with E-state index in [1.807, 2.05) is 91.0 Å². The second kappa shape index (κ2) is 34.3. The minimum absolute atomic E-state index is 0.639. The normalized spacial score (nSPS) is 11.6. The highest BCUT2D eigenvalue weighted by Crippen LogP contribution is 2.44. The third-order valence-corrected chi connectivity index (χ3v) is 26.8. The molecule has 0 aliphatic heterocycles. The molecule has 0 N–H and O–H groups in total. The molecule has 12 nitrogen and oxygen atoms in total. The van der Waals surface area contributed by atoms with Gasteiger partial charge in [-0.1, -0.05) is 364 Å². The molecule has 0 aliphatic carbocycles. The minimum Gasteiger partial charge on any atom is -0.309 e. The molecule has 6 heterocycles. The van der Waals surface area contributed by atoms with Gasteiger partial charge in [0.1, 0.15) is 0 Å². The van der Waals surface area contributed by atoms with Gasteiger partial charge >= 0.3 is 0 Å². The predicted octanol–water partition coefficient (Wildman–Crippen LogP) is 32.0. The van der Waals surface area contributed by atoms with Gasteiger partial charge in [0.05, 0.1) is 38.8 Å². The molecule has 12 heteroatoms. The van der Waals surface area contributed by atoms with E-state index in [1.54, 1.807) is 0 Å². The highest BCUT2D eigenvalue weighted by Gasteiger charge is 2.24. The Labute approximate surface area is 798 Å². The minimum atomic E-state index is 0.639. The quantitative estimate of drug-likeness (QED) is 0.117. The maximum Gasteiger partial charge on any atom is 0.164 e. The van der Waals surface area contributed by atoms with Gasteiger partial charge in [-0.3, -0.25) is 0 Å². The van der Waals surface area contributed by atoms with Crippen molar-refractivity contribution in [3.63, 3.8) is 0 Å². The molecule has 0 saturated heterocycles. The summed E-state index contributed by atoms with van der Waals surface area (Å²) in [6.07, 6.45) is 0. The average molecular weight is 1770 g/mol. The summed E-state index contributed by atoms with van der Waals surface area (Å²) in [5, 5.41) is 24.0. The van der Waals surface area contributed by atoms with Crippen LogP contribution >= 0.6 is 0 Å². The maximum absolute atomic E-state index is 5.13. The van der Waals surface area contributed by atoms with Gasteiger partial charge in [-0.05, 0) is 191 Å². The largest absolute Gasteiger partial charge is 0.309 e. The van der Waals surface area contributed by atoms with Crippen LogP contribution in [-0.2, 0) is 0 Å². The van der Waals surface area contributed by atoms with Crippen molar-refractivity contribution in [3.8, 4) is 120 Å². The van der Waals surface area contributed by atoms with E-state index in [-0.39, 0.29) is 0 Å². The van der Waals surface area contributed by atoms with Crippen LogP contribution in [0.25, 0.3) is 260 Å². The van der Waals surface area contributed by atoms with Crippen LogP contribution in [0.4, 0.5) is 0 Å². The zero-order valence-corrected chi connectivity index (χ0v) is 75.1. The zero-order valence-electron chi connectivity index (χ0n) is 75.1. The number of nitrogens with zero attached hydrogens (tertiary/aromatic N) is 12. The molecule has 28 rings (SSSR count). The van der Waals surface area contributed by atoms with Crippen molar-refractivity contribution in [1.29, 1.82) is 0 Å². The molecule has 0 bridgehead atoms. The van der Waals surface area contributed by atoms with Crippen LogP contribution in [-0.4, -0.2) is 58.6 Å². The van der Waals surface area contributed by atoms with E-state index in [0.717, 1.165) is 105 Å². The third-order valence-electron chi connectivity index (χ3n) is 26.8. The first-order valence-electron chi connectivity index (χ1n) is 46.8. The molecule has 0 atom stereocenters. The Morgan fingerprint density at radius 2 is 0.381 bits per heavy atom. The second-order valence-electron chi connectivity index (χ2n) is 35.1. The summed E-state index contributed by atoms with van der Waals surface area (Å²) in [6, 6.07) is 170. The van der Waals surface area contributed by atoms with Gasteiger partial charge in [0.15, 0.2) is 52.4 Å². The van der Waals surface area contributed by atoms with Crippen molar-refractivity contribution < 1.29 is 0 Å². The molecule has 648 valence electrons. The van der Waals surface area contributed by atoms with E-state index in [4.69, 9.17) is 44.9 Å². The number of benzene rings is 22. The number of hydrogen-bond donors (Lipinski definition) is 0. The first kappa shape index (κ1) is 80.9. The van der Waals surface area contributed by atoms with Gasteiger partial charge in [-0.2, -0.15) is 0 Å². The highest BCUT2D eigenvalue weighted by molar-refractivity contribution is 6.18. The van der Waals surface area contributed by atoms with Crippen LogP contribution < -0.4 is 0 Å². The molecular formula is C127H80N12. The van der Waals surface area contributed by atoms with Crippen molar-refractivity contribution >= 4 is 141 Å². The van der Waals surface area contributed by atoms with Crippen LogP contribution in [0.3, 0.4) is 0 Å². The highest BCUT2D eigenvalue weighted by atomic mass is 15.1. The van der Waals surface area contributed by atoms with Crippen molar-refractivity contribution in [2.75, 3.05) is 0 Å². The molecule has 0 unspecified atom stereocenters. The van der Waals surface area contributed by atoms with Crippen molar-refractivity contribution in [3.05, 3.63) is 485 Å². The smallest absolute Gasteiger partial charge is 0.164 e. The predicted molar refractivity (Wildman–Crippen MR) is 574 cm³/mol. The summed E-state index contributed by atoms with van der Waals surface area (Å²) < 4.78 is 7.11. The fraction of sp³-hybridized carbons (Fsp3) is 0. The van der Waals surface area contributed by atoms with Crippen molar-refractivity contribution in [2.45, 2.75) is 0 Å². The zero-order chi connectivity index (χ0) is 91.8. The first-order valence-corrected chi connectivity index (χ1v) is 46.8. The van der Waals surface area contributed by atoms with Gasteiger partial charge in [-0.25, -0.2) is 44.9 Å². The summed E-state index contributed by atoms with van der Waals surface area (Å²) in [6.45, 7) is 0. The summed E-state index contributed by atoms with van der Waals surface area (Å²) in [7, 11) is 0. The van der Waals surface area contributed by atoms with E-state index < -0.39 is 0 Å². The summed E-state index contributed by atoms with van der Waals surface area (Å²) in [5.41, 5.74) is 19.0. The summed E-state index contributed by atoms with van der Waals surface area (Å²) >= 11 is 0. The molecular weight excluding hydrogens is 1690 g/mol. The second-order valence-corrected chi connectivity index (χ2v) is 35.1. The fourth-order valence-electron chi connectivity index (χ4n) is 20.2. The topological polar surface area (TPSA) is 131 Å². The van der Waals surface area contributed by atoms with Crippen LogP contribution in [0, 0.1) is 0 Å². The number of aromatic nitrogens is 12. The van der Waals surface area contributed by atoms with E-state index in [9.17, 15) is 0 Å². The average Bonchev–Trinajstić information content (AvgIpc) is 1.60. The molecule has 28 aromatic rings. The Balaban J connectivity index is 0.000000108.